The third-order valence-corrected chi connectivity index (χ3v) is 2.14. The molecule has 3 heteroatoms. The zero-order valence-electron chi connectivity index (χ0n) is 6.84. The molecular weight excluding hydrogens is 142 g/mol. The lowest BCUT2D eigenvalue weighted by molar-refractivity contribution is -0.119. The molecular formula is C8H15NO2. The van der Waals surface area contributed by atoms with Crippen molar-refractivity contribution in [2.45, 2.75) is 32.3 Å². The fraction of sp³-hybridized carbons (Fsp3) is 0.875. The first kappa shape index (κ1) is 8.53. The van der Waals surface area contributed by atoms with Gasteiger partial charge in [-0.25, -0.2) is 0 Å². The van der Waals surface area contributed by atoms with E-state index in [1.165, 1.54) is 0 Å². The van der Waals surface area contributed by atoms with Gasteiger partial charge in [0.15, 0.2) is 0 Å². The Balaban J connectivity index is 2.30. The van der Waals surface area contributed by atoms with Gasteiger partial charge in [-0.05, 0) is 6.42 Å². The Morgan fingerprint density at radius 2 is 2.55 bits per heavy atom. The van der Waals surface area contributed by atoms with E-state index in [0.29, 0.717) is 13.0 Å². The van der Waals surface area contributed by atoms with Crippen LogP contribution in [0.2, 0.25) is 0 Å². The Bertz CT molecular complexity index is 147. The molecule has 0 bridgehead atoms. The maximum absolute atomic E-state index is 10.7. The van der Waals surface area contributed by atoms with Crippen LogP contribution in [-0.4, -0.2) is 23.7 Å². The first-order valence-electron chi connectivity index (χ1n) is 4.18. The van der Waals surface area contributed by atoms with Crippen LogP contribution in [0, 0.1) is 5.92 Å². The van der Waals surface area contributed by atoms with E-state index in [1.54, 1.807) is 0 Å². The third kappa shape index (κ3) is 2.19. The summed E-state index contributed by atoms with van der Waals surface area (Å²) < 4.78 is 0. The van der Waals surface area contributed by atoms with Gasteiger partial charge in [-0.3, -0.25) is 4.79 Å². The maximum Gasteiger partial charge on any atom is 0.220 e. The highest BCUT2D eigenvalue weighted by Crippen LogP contribution is 2.16. The van der Waals surface area contributed by atoms with Gasteiger partial charge >= 0.3 is 0 Å². The standard InChI is InChI=1S/C8H15NO2/c1-2-3-7(10)6-4-8(11)9-5-6/h6-7,10H,2-5H2,1H3,(H,9,11)/t6?,7-/m1/s1. The summed E-state index contributed by atoms with van der Waals surface area (Å²) >= 11 is 0. The number of amides is 1. The van der Waals surface area contributed by atoms with Gasteiger partial charge in [-0.1, -0.05) is 13.3 Å². The van der Waals surface area contributed by atoms with E-state index in [-0.39, 0.29) is 17.9 Å². The molecule has 1 aliphatic rings. The minimum Gasteiger partial charge on any atom is -0.393 e. The van der Waals surface area contributed by atoms with E-state index in [9.17, 15) is 9.90 Å². The van der Waals surface area contributed by atoms with Crippen molar-refractivity contribution in [1.82, 2.24) is 5.32 Å². The minimum atomic E-state index is -0.293. The molecule has 1 rings (SSSR count). The van der Waals surface area contributed by atoms with Crippen molar-refractivity contribution in [3.05, 3.63) is 0 Å². The van der Waals surface area contributed by atoms with Gasteiger partial charge in [-0.15, -0.1) is 0 Å². The van der Waals surface area contributed by atoms with Crippen molar-refractivity contribution < 1.29 is 9.90 Å². The number of carbonyl (C=O) groups is 1. The Morgan fingerprint density at radius 1 is 1.82 bits per heavy atom. The molecule has 0 saturated carbocycles. The van der Waals surface area contributed by atoms with Crippen LogP contribution in [0.1, 0.15) is 26.2 Å². The van der Waals surface area contributed by atoms with E-state index >= 15 is 0 Å². The average Bonchev–Trinajstić information content (AvgIpc) is 2.36. The Hall–Kier alpha value is -0.570. The summed E-state index contributed by atoms with van der Waals surface area (Å²) in [5.74, 6) is 0.229. The first-order chi connectivity index (χ1) is 5.24. The molecule has 0 aromatic rings. The second-order valence-corrected chi connectivity index (χ2v) is 3.12. The van der Waals surface area contributed by atoms with Crippen LogP contribution >= 0.6 is 0 Å². The lowest BCUT2D eigenvalue weighted by Crippen LogP contribution is -2.22. The van der Waals surface area contributed by atoms with Crippen LogP contribution in [0.3, 0.4) is 0 Å². The zero-order chi connectivity index (χ0) is 8.27. The summed E-state index contributed by atoms with van der Waals surface area (Å²) in [5, 5.41) is 12.2. The van der Waals surface area contributed by atoms with Gasteiger partial charge in [0.25, 0.3) is 0 Å². The van der Waals surface area contributed by atoms with Gasteiger partial charge in [0, 0.05) is 18.9 Å². The molecule has 1 aliphatic heterocycles. The molecule has 1 unspecified atom stereocenters. The summed E-state index contributed by atoms with van der Waals surface area (Å²) in [6, 6.07) is 0. The highest BCUT2D eigenvalue weighted by Gasteiger charge is 2.26. The average molecular weight is 157 g/mol. The highest BCUT2D eigenvalue weighted by atomic mass is 16.3. The smallest absolute Gasteiger partial charge is 0.220 e. The number of nitrogens with one attached hydrogen (secondary N) is 1. The van der Waals surface area contributed by atoms with Crippen molar-refractivity contribution in [3.8, 4) is 0 Å². The highest BCUT2D eigenvalue weighted by molar-refractivity contribution is 5.78. The molecule has 2 N–H and O–H groups in total. The zero-order valence-corrected chi connectivity index (χ0v) is 6.84. The van der Waals surface area contributed by atoms with Crippen molar-refractivity contribution in [1.29, 1.82) is 0 Å². The van der Waals surface area contributed by atoms with Crippen molar-refractivity contribution in [2.24, 2.45) is 5.92 Å². The minimum absolute atomic E-state index is 0.0742. The van der Waals surface area contributed by atoms with Gasteiger partial charge in [0.05, 0.1) is 6.10 Å². The van der Waals surface area contributed by atoms with Gasteiger partial charge in [0.1, 0.15) is 0 Å². The molecule has 0 aliphatic carbocycles. The van der Waals surface area contributed by atoms with Crippen LogP contribution < -0.4 is 5.32 Å². The van der Waals surface area contributed by atoms with E-state index in [1.807, 2.05) is 6.92 Å². The number of carbonyl (C=O) groups excluding carboxylic acids is 1. The number of hydrogen-bond donors (Lipinski definition) is 2. The quantitative estimate of drug-likeness (QED) is 0.618. The Kier molecular flexibility index (Phi) is 2.88. The predicted octanol–water partition coefficient (Wildman–Crippen LogP) is 0.283. The number of aliphatic hydroxyl groups excluding tert-OH is 1. The molecule has 1 amide bonds. The van der Waals surface area contributed by atoms with Crippen LogP contribution in [0.5, 0.6) is 0 Å². The second-order valence-electron chi connectivity index (χ2n) is 3.12. The normalized spacial score (nSPS) is 26.7. The van der Waals surface area contributed by atoms with Crippen LogP contribution in [0.4, 0.5) is 0 Å². The van der Waals surface area contributed by atoms with Crippen molar-refractivity contribution in [2.75, 3.05) is 6.54 Å². The number of hydrogen-bond acceptors (Lipinski definition) is 2. The number of rotatable bonds is 3. The van der Waals surface area contributed by atoms with Gasteiger partial charge in [-0.2, -0.15) is 0 Å². The fourth-order valence-corrected chi connectivity index (χ4v) is 1.43. The summed E-state index contributed by atoms with van der Waals surface area (Å²) in [7, 11) is 0. The summed E-state index contributed by atoms with van der Waals surface area (Å²) in [4.78, 5) is 10.7. The molecule has 1 heterocycles. The Morgan fingerprint density at radius 3 is 3.00 bits per heavy atom. The lowest BCUT2D eigenvalue weighted by Gasteiger charge is -2.14. The predicted molar refractivity (Wildman–Crippen MR) is 42.0 cm³/mol. The number of aliphatic hydroxyl groups is 1. The van der Waals surface area contributed by atoms with Gasteiger partial charge in [0.2, 0.25) is 5.91 Å². The molecule has 64 valence electrons. The molecule has 0 radical (unpaired) electrons. The Labute approximate surface area is 66.8 Å². The van der Waals surface area contributed by atoms with E-state index in [4.69, 9.17) is 0 Å². The summed E-state index contributed by atoms with van der Waals surface area (Å²) in [6.45, 7) is 2.69. The largest absolute Gasteiger partial charge is 0.393 e. The van der Waals surface area contributed by atoms with E-state index < -0.39 is 0 Å². The lowest BCUT2D eigenvalue weighted by atomic mass is 9.98. The topological polar surface area (TPSA) is 49.3 Å². The molecule has 0 aromatic heterocycles. The molecule has 2 atom stereocenters. The van der Waals surface area contributed by atoms with Crippen molar-refractivity contribution in [3.63, 3.8) is 0 Å². The second kappa shape index (κ2) is 3.72. The van der Waals surface area contributed by atoms with Gasteiger partial charge < -0.3 is 10.4 Å². The summed E-state index contributed by atoms with van der Waals surface area (Å²) in [5.41, 5.74) is 0. The molecule has 1 fully saturated rings. The molecule has 0 aromatic carbocycles. The van der Waals surface area contributed by atoms with Crippen molar-refractivity contribution >= 4 is 5.91 Å². The maximum atomic E-state index is 10.7. The monoisotopic (exact) mass is 157 g/mol. The molecule has 1 saturated heterocycles. The van der Waals surface area contributed by atoms with Crippen LogP contribution in [0.15, 0.2) is 0 Å². The fourth-order valence-electron chi connectivity index (χ4n) is 1.43. The first-order valence-corrected chi connectivity index (χ1v) is 4.18. The SMILES string of the molecule is CCC[C@@H](O)C1CNC(=O)C1. The van der Waals surface area contributed by atoms with E-state index in [0.717, 1.165) is 12.8 Å². The van der Waals surface area contributed by atoms with Crippen LogP contribution in [-0.2, 0) is 4.79 Å². The van der Waals surface area contributed by atoms with E-state index in [2.05, 4.69) is 5.32 Å². The molecule has 3 nitrogen and oxygen atoms in total. The molecule has 11 heavy (non-hydrogen) atoms. The molecule has 0 spiro atoms. The third-order valence-electron chi connectivity index (χ3n) is 2.14. The van der Waals surface area contributed by atoms with Crippen LogP contribution in [0.25, 0.3) is 0 Å². The summed E-state index contributed by atoms with van der Waals surface area (Å²) in [6.07, 6.45) is 1.99.